The van der Waals surface area contributed by atoms with Crippen molar-refractivity contribution in [2.45, 2.75) is 25.5 Å². The van der Waals surface area contributed by atoms with E-state index in [4.69, 9.17) is 23.8 Å². The van der Waals surface area contributed by atoms with Crippen LogP contribution in [-0.4, -0.2) is 29.9 Å². The minimum absolute atomic E-state index is 0.165. The van der Waals surface area contributed by atoms with Crippen LogP contribution in [0.25, 0.3) is 0 Å². The van der Waals surface area contributed by atoms with E-state index >= 15 is 0 Å². The van der Waals surface area contributed by atoms with E-state index in [1.165, 1.54) is 6.07 Å². The van der Waals surface area contributed by atoms with E-state index in [2.05, 4.69) is 10.6 Å². The summed E-state index contributed by atoms with van der Waals surface area (Å²) in [6.45, 7) is 3.40. The molecule has 1 heterocycles. The van der Waals surface area contributed by atoms with Crippen LogP contribution in [0.5, 0.6) is 0 Å². The Bertz CT molecular complexity index is 889. The number of rotatable bonds is 7. The fraction of sp³-hybridized carbons (Fsp3) is 0.333. The fourth-order valence-electron chi connectivity index (χ4n) is 3.14. The molecule has 1 fully saturated rings. The lowest BCUT2D eigenvalue weighted by atomic mass is 10.1. The highest BCUT2D eigenvalue weighted by Gasteiger charge is 2.23. The summed E-state index contributed by atoms with van der Waals surface area (Å²) in [7, 11) is 0. The fourth-order valence-corrected chi connectivity index (χ4v) is 4.55. The van der Waals surface area contributed by atoms with Gasteiger partial charge in [0.25, 0.3) is 0 Å². The van der Waals surface area contributed by atoms with Crippen molar-refractivity contribution in [3.63, 3.8) is 0 Å². The molecular formula is C21H23ClFN3OS2. The van der Waals surface area contributed by atoms with Gasteiger partial charge < -0.3 is 15.5 Å². The number of carbonyl (C=O) groups excluding carboxylic acids is 1. The lowest BCUT2D eigenvalue weighted by Gasteiger charge is -2.20. The standard InChI is InChI=1S/C21H23ClFN3OS2/c1-14-7-8-15(12-19(14)26-10-3-6-20(26)27)25-21(28)24-9-11-29-13-16-17(22)4-2-5-18(16)23/h2,4-5,7-8,12H,3,6,9-11,13H2,1H3,(H2,24,25,28). The second-order valence-corrected chi connectivity index (χ2v) is 8.70. The topological polar surface area (TPSA) is 44.4 Å². The zero-order valence-electron chi connectivity index (χ0n) is 16.1. The number of aryl methyl sites for hydroxylation is 1. The number of hydrogen-bond acceptors (Lipinski definition) is 3. The van der Waals surface area contributed by atoms with E-state index in [0.29, 0.717) is 34.4 Å². The smallest absolute Gasteiger partial charge is 0.227 e. The van der Waals surface area contributed by atoms with Gasteiger partial charge in [-0.2, -0.15) is 11.8 Å². The number of hydrogen-bond donors (Lipinski definition) is 2. The molecule has 0 aliphatic carbocycles. The first-order valence-electron chi connectivity index (χ1n) is 9.42. The van der Waals surface area contributed by atoms with Gasteiger partial charge in [0, 0.05) is 53.0 Å². The Labute approximate surface area is 185 Å². The molecule has 154 valence electrons. The Kier molecular flexibility index (Phi) is 7.75. The summed E-state index contributed by atoms with van der Waals surface area (Å²) >= 11 is 13.0. The number of benzene rings is 2. The largest absolute Gasteiger partial charge is 0.362 e. The molecule has 2 N–H and O–H groups in total. The molecule has 4 nitrogen and oxygen atoms in total. The van der Waals surface area contributed by atoms with Gasteiger partial charge in [-0.25, -0.2) is 4.39 Å². The lowest BCUT2D eigenvalue weighted by Crippen LogP contribution is -2.30. The van der Waals surface area contributed by atoms with E-state index in [9.17, 15) is 9.18 Å². The van der Waals surface area contributed by atoms with Gasteiger partial charge in [-0.15, -0.1) is 0 Å². The monoisotopic (exact) mass is 451 g/mol. The average molecular weight is 452 g/mol. The SMILES string of the molecule is Cc1ccc(NC(=S)NCCSCc2c(F)cccc2Cl)cc1N1CCCC1=O. The molecule has 0 aromatic heterocycles. The molecule has 0 radical (unpaired) electrons. The van der Waals surface area contributed by atoms with Crippen LogP contribution in [-0.2, 0) is 10.5 Å². The van der Waals surface area contributed by atoms with Gasteiger partial charge in [-0.1, -0.05) is 23.7 Å². The van der Waals surface area contributed by atoms with Crippen LogP contribution in [0.1, 0.15) is 24.0 Å². The third-order valence-electron chi connectivity index (χ3n) is 4.67. The molecule has 8 heteroatoms. The first-order chi connectivity index (χ1) is 14.0. The maximum absolute atomic E-state index is 13.8. The Morgan fingerprint density at radius 3 is 2.90 bits per heavy atom. The molecule has 1 amide bonds. The summed E-state index contributed by atoms with van der Waals surface area (Å²) in [5.74, 6) is 1.16. The molecule has 0 spiro atoms. The summed E-state index contributed by atoms with van der Waals surface area (Å²) in [5.41, 5.74) is 3.36. The normalized spacial score (nSPS) is 13.6. The second kappa shape index (κ2) is 10.3. The summed E-state index contributed by atoms with van der Waals surface area (Å²) in [5, 5.41) is 7.28. The number of nitrogens with one attached hydrogen (secondary N) is 2. The van der Waals surface area contributed by atoms with Crippen LogP contribution < -0.4 is 15.5 Å². The minimum atomic E-state index is -0.276. The highest BCUT2D eigenvalue weighted by Crippen LogP contribution is 2.28. The van der Waals surface area contributed by atoms with Gasteiger partial charge in [0.05, 0.1) is 0 Å². The summed E-state index contributed by atoms with van der Waals surface area (Å²) in [6.07, 6.45) is 1.50. The molecule has 2 aromatic carbocycles. The van der Waals surface area contributed by atoms with Crippen molar-refractivity contribution in [3.8, 4) is 0 Å². The molecular weight excluding hydrogens is 429 g/mol. The number of halogens is 2. The van der Waals surface area contributed by atoms with Crippen LogP contribution >= 0.6 is 35.6 Å². The van der Waals surface area contributed by atoms with Crippen LogP contribution in [0.3, 0.4) is 0 Å². The molecule has 1 saturated heterocycles. The predicted molar refractivity (Wildman–Crippen MR) is 125 cm³/mol. The molecule has 3 rings (SSSR count). The van der Waals surface area contributed by atoms with E-state index in [1.807, 2.05) is 30.0 Å². The van der Waals surface area contributed by atoms with Gasteiger partial charge in [0.2, 0.25) is 5.91 Å². The van der Waals surface area contributed by atoms with Gasteiger partial charge >= 0.3 is 0 Å². The van der Waals surface area contributed by atoms with E-state index in [1.54, 1.807) is 23.9 Å². The Morgan fingerprint density at radius 2 is 2.17 bits per heavy atom. The quantitative estimate of drug-likeness (QED) is 0.451. The van der Waals surface area contributed by atoms with Crippen molar-refractivity contribution >= 4 is 58.0 Å². The van der Waals surface area contributed by atoms with Crippen LogP contribution in [0.4, 0.5) is 15.8 Å². The number of amides is 1. The number of thioether (sulfide) groups is 1. The van der Waals surface area contributed by atoms with Gasteiger partial charge in [0.15, 0.2) is 5.11 Å². The number of thiocarbonyl (C=S) groups is 1. The minimum Gasteiger partial charge on any atom is -0.362 e. The lowest BCUT2D eigenvalue weighted by molar-refractivity contribution is -0.117. The molecule has 1 aliphatic heterocycles. The maximum Gasteiger partial charge on any atom is 0.227 e. The highest BCUT2D eigenvalue weighted by molar-refractivity contribution is 7.98. The van der Waals surface area contributed by atoms with Crippen molar-refractivity contribution in [3.05, 3.63) is 58.4 Å². The molecule has 29 heavy (non-hydrogen) atoms. The third-order valence-corrected chi connectivity index (χ3v) is 6.26. The molecule has 0 saturated carbocycles. The van der Waals surface area contributed by atoms with Gasteiger partial charge in [-0.3, -0.25) is 4.79 Å². The molecule has 1 aliphatic rings. The van der Waals surface area contributed by atoms with E-state index in [0.717, 1.165) is 35.7 Å². The Morgan fingerprint density at radius 1 is 1.34 bits per heavy atom. The Hall–Kier alpha value is -1.83. The number of anilines is 2. The van der Waals surface area contributed by atoms with Gasteiger partial charge in [-0.05, 0) is 55.4 Å². The highest BCUT2D eigenvalue weighted by atomic mass is 35.5. The van der Waals surface area contributed by atoms with Crippen LogP contribution in [0, 0.1) is 12.7 Å². The van der Waals surface area contributed by atoms with Crippen molar-refractivity contribution in [2.24, 2.45) is 0 Å². The van der Waals surface area contributed by atoms with E-state index in [-0.39, 0.29) is 11.7 Å². The number of carbonyl (C=O) groups is 1. The summed E-state index contributed by atoms with van der Waals surface area (Å²) in [6, 6.07) is 10.6. The first kappa shape index (κ1) is 21.9. The summed E-state index contributed by atoms with van der Waals surface area (Å²) in [4.78, 5) is 13.9. The predicted octanol–water partition coefficient (Wildman–Crippen LogP) is 5.13. The van der Waals surface area contributed by atoms with Crippen LogP contribution in [0.15, 0.2) is 36.4 Å². The van der Waals surface area contributed by atoms with Crippen molar-refractivity contribution < 1.29 is 9.18 Å². The van der Waals surface area contributed by atoms with Gasteiger partial charge in [0.1, 0.15) is 5.82 Å². The van der Waals surface area contributed by atoms with Crippen molar-refractivity contribution in [1.82, 2.24) is 5.32 Å². The number of nitrogens with zero attached hydrogens (tertiary/aromatic N) is 1. The zero-order valence-corrected chi connectivity index (χ0v) is 18.5. The van der Waals surface area contributed by atoms with E-state index < -0.39 is 0 Å². The third kappa shape index (κ3) is 5.84. The Balaban J connectivity index is 1.45. The molecule has 0 unspecified atom stereocenters. The average Bonchev–Trinajstić information content (AvgIpc) is 3.11. The van der Waals surface area contributed by atoms with Crippen molar-refractivity contribution in [1.29, 1.82) is 0 Å². The zero-order chi connectivity index (χ0) is 20.8. The second-order valence-electron chi connectivity index (χ2n) is 6.78. The molecule has 0 atom stereocenters. The van der Waals surface area contributed by atoms with Crippen LogP contribution in [0.2, 0.25) is 5.02 Å². The first-order valence-corrected chi connectivity index (χ1v) is 11.4. The maximum atomic E-state index is 13.8. The van der Waals surface area contributed by atoms with Crippen molar-refractivity contribution in [2.75, 3.05) is 29.1 Å². The molecule has 2 aromatic rings. The molecule has 0 bridgehead atoms. The summed E-state index contributed by atoms with van der Waals surface area (Å²) < 4.78 is 13.8.